The first-order valence-electron chi connectivity index (χ1n) is 5.11. The molecule has 1 amide bonds. The number of fused-ring (bicyclic) bond motifs is 1. The third-order valence-electron chi connectivity index (χ3n) is 2.75. The molecule has 0 aliphatic heterocycles. The van der Waals surface area contributed by atoms with Gasteiger partial charge in [-0.15, -0.1) is 0 Å². The molecule has 0 saturated heterocycles. The molecule has 1 aromatic rings. The Morgan fingerprint density at radius 3 is 2.93 bits per heavy atom. The Labute approximate surface area is 89.0 Å². The van der Waals surface area contributed by atoms with Gasteiger partial charge in [-0.1, -0.05) is 17.7 Å². The number of hydrogen-bond acceptors (Lipinski definition) is 2. The number of allylic oxidation sites excluding steroid dienone is 2. The monoisotopic (exact) mass is 202 g/mol. The van der Waals surface area contributed by atoms with Gasteiger partial charge in [-0.3, -0.25) is 4.79 Å². The molecule has 0 bridgehead atoms. The molecule has 1 aliphatic rings. The lowest BCUT2D eigenvalue weighted by atomic mass is 10.1. The highest BCUT2D eigenvalue weighted by Gasteiger charge is 2.11. The Kier molecular flexibility index (Phi) is 2.54. The molecule has 15 heavy (non-hydrogen) atoms. The maximum Gasteiger partial charge on any atom is 0.267 e. The summed E-state index contributed by atoms with van der Waals surface area (Å²) in [6.07, 6.45) is 5.05. The second-order valence-corrected chi connectivity index (χ2v) is 3.92. The summed E-state index contributed by atoms with van der Waals surface area (Å²) in [5, 5.41) is 0. The highest BCUT2D eigenvalue weighted by molar-refractivity contribution is 5.90. The van der Waals surface area contributed by atoms with Gasteiger partial charge in [0.1, 0.15) is 5.69 Å². The van der Waals surface area contributed by atoms with E-state index in [1.54, 1.807) is 6.07 Å². The van der Waals surface area contributed by atoms with Crippen LogP contribution in [0.3, 0.4) is 0 Å². The maximum absolute atomic E-state index is 11.0. The molecule has 1 aliphatic carbocycles. The zero-order valence-electron chi connectivity index (χ0n) is 8.79. The van der Waals surface area contributed by atoms with Crippen LogP contribution in [0, 0.1) is 0 Å². The molecule has 2 N–H and O–H groups in total. The van der Waals surface area contributed by atoms with E-state index in [2.05, 4.69) is 18.0 Å². The predicted molar refractivity (Wildman–Crippen MR) is 58.5 cm³/mol. The largest absolute Gasteiger partial charge is 0.364 e. The van der Waals surface area contributed by atoms with Crippen LogP contribution in [0.2, 0.25) is 0 Å². The van der Waals surface area contributed by atoms with Gasteiger partial charge >= 0.3 is 0 Å². The van der Waals surface area contributed by atoms with Crippen LogP contribution in [0.1, 0.15) is 35.1 Å². The normalized spacial score (nSPS) is 15.1. The minimum absolute atomic E-state index is 0.369. The Bertz CT molecular complexity index is 435. The molecular weight excluding hydrogens is 188 g/mol. The van der Waals surface area contributed by atoms with Crippen molar-refractivity contribution in [2.45, 2.75) is 26.2 Å². The van der Waals surface area contributed by atoms with E-state index in [1.807, 2.05) is 6.07 Å². The van der Waals surface area contributed by atoms with E-state index in [4.69, 9.17) is 5.73 Å². The lowest BCUT2D eigenvalue weighted by Crippen LogP contribution is -2.14. The van der Waals surface area contributed by atoms with E-state index in [1.165, 1.54) is 11.1 Å². The Morgan fingerprint density at radius 2 is 2.20 bits per heavy atom. The summed E-state index contributed by atoms with van der Waals surface area (Å²) in [6.45, 7) is 2.13. The summed E-state index contributed by atoms with van der Waals surface area (Å²) in [7, 11) is 0. The number of amides is 1. The number of aromatic nitrogens is 1. The molecule has 0 spiro atoms. The fourth-order valence-electron chi connectivity index (χ4n) is 1.77. The summed E-state index contributed by atoms with van der Waals surface area (Å²) in [5.41, 5.74) is 9.17. The van der Waals surface area contributed by atoms with Crippen molar-refractivity contribution in [3.63, 3.8) is 0 Å². The van der Waals surface area contributed by atoms with Crippen molar-refractivity contribution in [2.24, 2.45) is 5.73 Å². The SMILES string of the molecule is CC1=CCc2ccc(C(N)=O)nc2CC1. The zero-order valence-corrected chi connectivity index (χ0v) is 8.79. The van der Waals surface area contributed by atoms with Crippen molar-refractivity contribution in [2.75, 3.05) is 0 Å². The lowest BCUT2D eigenvalue weighted by molar-refractivity contribution is 0.0995. The fraction of sp³-hybridized carbons (Fsp3) is 0.333. The van der Waals surface area contributed by atoms with Gasteiger partial charge in [-0.2, -0.15) is 0 Å². The molecule has 0 aromatic carbocycles. The third kappa shape index (κ3) is 2.06. The number of aryl methyl sites for hydroxylation is 1. The van der Waals surface area contributed by atoms with Crippen molar-refractivity contribution in [1.82, 2.24) is 4.98 Å². The number of primary amides is 1. The summed E-state index contributed by atoms with van der Waals surface area (Å²) in [6, 6.07) is 3.66. The zero-order chi connectivity index (χ0) is 10.8. The predicted octanol–water partition coefficient (Wildman–Crippen LogP) is 1.62. The molecule has 2 rings (SSSR count). The van der Waals surface area contributed by atoms with Crippen LogP contribution in [-0.2, 0) is 12.8 Å². The number of pyridine rings is 1. The number of hydrogen-bond donors (Lipinski definition) is 1. The van der Waals surface area contributed by atoms with Gasteiger partial charge in [-0.25, -0.2) is 4.98 Å². The topological polar surface area (TPSA) is 56.0 Å². The van der Waals surface area contributed by atoms with Gasteiger partial charge in [-0.05, 0) is 37.8 Å². The number of carbonyl (C=O) groups excluding carboxylic acids is 1. The van der Waals surface area contributed by atoms with Gasteiger partial charge in [0, 0.05) is 5.69 Å². The van der Waals surface area contributed by atoms with E-state index in [9.17, 15) is 4.79 Å². The average Bonchev–Trinajstić information content (AvgIpc) is 2.40. The summed E-state index contributed by atoms with van der Waals surface area (Å²) in [4.78, 5) is 15.3. The number of rotatable bonds is 1. The third-order valence-corrected chi connectivity index (χ3v) is 2.75. The Balaban J connectivity index is 2.37. The van der Waals surface area contributed by atoms with Crippen molar-refractivity contribution in [1.29, 1.82) is 0 Å². The van der Waals surface area contributed by atoms with Crippen LogP contribution >= 0.6 is 0 Å². The van der Waals surface area contributed by atoms with Crippen LogP contribution in [0.4, 0.5) is 0 Å². The molecular formula is C12H14N2O. The smallest absolute Gasteiger partial charge is 0.267 e. The van der Waals surface area contributed by atoms with Crippen LogP contribution in [0.25, 0.3) is 0 Å². The standard InChI is InChI=1S/C12H14N2O/c1-8-2-4-9-5-7-11(12(13)15)14-10(9)6-3-8/h2,5,7H,3-4,6H2,1H3,(H2,13,15). The van der Waals surface area contributed by atoms with Crippen molar-refractivity contribution < 1.29 is 4.79 Å². The fourth-order valence-corrected chi connectivity index (χ4v) is 1.77. The van der Waals surface area contributed by atoms with E-state index in [0.717, 1.165) is 25.0 Å². The first kappa shape index (κ1) is 9.90. The average molecular weight is 202 g/mol. The first-order valence-corrected chi connectivity index (χ1v) is 5.11. The second kappa shape index (κ2) is 3.85. The van der Waals surface area contributed by atoms with Crippen molar-refractivity contribution in [3.8, 4) is 0 Å². The van der Waals surface area contributed by atoms with Gasteiger partial charge in [0.25, 0.3) is 5.91 Å². The van der Waals surface area contributed by atoms with E-state index >= 15 is 0 Å². The molecule has 0 fully saturated rings. The molecule has 1 aromatic heterocycles. The van der Waals surface area contributed by atoms with Gasteiger partial charge < -0.3 is 5.73 Å². The van der Waals surface area contributed by atoms with Gasteiger partial charge in [0.05, 0.1) is 0 Å². The molecule has 0 atom stereocenters. The Morgan fingerprint density at radius 1 is 1.40 bits per heavy atom. The first-order chi connectivity index (χ1) is 7.16. The highest BCUT2D eigenvalue weighted by Crippen LogP contribution is 2.18. The summed E-state index contributed by atoms with van der Waals surface area (Å²) in [5.74, 6) is -0.452. The highest BCUT2D eigenvalue weighted by atomic mass is 16.1. The molecule has 0 saturated carbocycles. The molecule has 3 heteroatoms. The minimum atomic E-state index is -0.452. The van der Waals surface area contributed by atoms with E-state index in [-0.39, 0.29) is 0 Å². The molecule has 3 nitrogen and oxygen atoms in total. The van der Waals surface area contributed by atoms with Gasteiger partial charge in [0.15, 0.2) is 0 Å². The second-order valence-electron chi connectivity index (χ2n) is 3.92. The maximum atomic E-state index is 11.0. The number of carbonyl (C=O) groups is 1. The van der Waals surface area contributed by atoms with E-state index < -0.39 is 5.91 Å². The summed E-state index contributed by atoms with van der Waals surface area (Å²) < 4.78 is 0. The van der Waals surface area contributed by atoms with Crippen LogP contribution in [-0.4, -0.2) is 10.9 Å². The van der Waals surface area contributed by atoms with Crippen LogP contribution in [0.15, 0.2) is 23.8 Å². The number of nitrogens with two attached hydrogens (primary N) is 1. The summed E-state index contributed by atoms with van der Waals surface area (Å²) >= 11 is 0. The van der Waals surface area contributed by atoms with Crippen molar-refractivity contribution in [3.05, 3.63) is 40.7 Å². The molecule has 78 valence electrons. The van der Waals surface area contributed by atoms with Crippen LogP contribution in [0.5, 0.6) is 0 Å². The van der Waals surface area contributed by atoms with E-state index in [0.29, 0.717) is 5.69 Å². The number of nitrogens with zero attached hydrogens (tertiary/aromatic N) is 1. The lowest BCUT2D eigenvalue weighted by Gasteiger charge is -2.05. The quantitative estimate of drug-likeness (QED) is 0.703. The molecule has 0 unspecified atom stereocenters. The minimum Gasteiger partial charge on any atom is -0.364 e. The Hall–Kier alpha value is -1.64. The van der Waals surface area contributed by atoms with Crippen LogP contribution < -0.4 is 5.73 Å². The molecule has 1 heterocycles. The van der Waals surface area contributed by atoms with Gasteiger partial charge in [0.2, 0.25) is 0 Å². The molecule has 0 radical (unpaired) electrons. The van der Waals surface area contributed by atoms with Crippen molar-refractivity contribution >= 4 is 5.91 Å².